The van der Waals surface area contributed by atoms with E-state index >= 15 is 0 Å². The Labute approximate surface area is 105 Å². The van der Waals surface area contributed by atoms with Crippen LogP contribution < -0.4 is 5.32 Å². The number of halogens is 2. The van der Waals surface area contributed by atoms with Gasteiger partial charge in [-0.1, -0.05) is 29.3 Å². The molecule has 0 amide bonds. The quantitative estimate of drug-likeness (QED) is 0.871. The molecule has 0 unspecified atom stereocenters. The molecule has 0 radical (unpaired) electrons. The summed E-state index contributed by atoms with van der Waals surface area (Å²) in [6.45, 7) is 0. The normalized spacial score (nSPS) is 17.5. The molecule has 1 aromatic rings. The van der Waals surface area contributed by atoms with Crippen molar-refractivity contribution in [2.75, 3.05) is 5.32 Å². The lowest BCUT2D eigenvalue weighted by Crippen LogP contribution is -2.26. The van der Waals surface area contributed by atoms with Crippen molar-refractivity contribution >= 4 is 34.7 Å². The minimum atomic E-state index is 0.327. The van der Waals surface area contributed by atoms with Crippen LogP contribution in [-0.4, -0.2) is 11.8 Å². The second-order valence-electron chi connectivity index (χ2n) is 4.06. The van der Waals surface area contributed by atoms with Gasteiger partial charge in [0.15, 0.2) is 0 Å². The van der Waals surface area contributed by atoms with Gasteiger partial charge in [0.25, 0.3) is 0 Å². The molecule has 1 saturated carbocycles. The standard InChI is InChI=1S/C12H13Cl2NO/c13-10-2-1-3-11(12(10)14)15-8-4-6-9(16)7-5-8/h1-3,8,15H,4-7H2. The minimum Gasteiger partial charge on any atom is -0.381 e. The van der Waals surface area contributed by atoms with Gasteiger partial charge in [0.1, 0.15) is 5.78 Å². The maximum absolute atomic E-state index is 11.1. The molecule has 0 spiro atoms. The van der Waals surface area contributed by atoms with E-state index in [0.29, 0.717) is 34.7 Å². The Kier molecular flexibility index (Phi) is 3.72. The summed E-state index contributed by atoms with van der Waals surface area (Å²) in [7, 11) is 0. The SMILES string of the molecule is O=C1CCC(Nc2cccc(Cl)c2Cl)CC1. The van der Waals surface area contributed by atoms with Crippen LogP contribution in [0.2, 0.25) is 10.0 Å². The molecule has 0 aliphatic heterocycles. The second kappa shape index (κ2) is 5.07. The van der Waals surface area contributed by atoms with E-state index in [2.05, 4.69) is 5.32 Å². The number of Topliss-reactive ketones (excluding diaryl/α,β-unsaturated/α-hetero) is 1. The molecule has 1 aliphatic carbocycles. The van der Waals surface area contributed by atoms with Gasteiger partial charge >= 0.3 is 0 Å². The van der Waals surface area contributed by atoms with Crippen LogP contribution in [0.15, 0.2) is 18.2 Å². The van der Waals surface area contributed by atoms with E-state index in [9.17, 15) is 4.79 Å². The van der Waals surface area contributed by atoms with Crippen molar-refractivity contribution in [1.82, 2.24) is 0 Å². The first-order valence-corrected chi connectivity index (χ1v) is 6.14. The number of hydrogen-bond acceptors (Lipinski definition) is 2. The molecule has 1 aromatic carbocycles. The molecule has 2 rings (SSSR count). The van der Waals surface area contributed by atoms with Crippen molar-refractivity contribution in [2.24, 2.45) is 0 Å². The van der Waals surface area contributed by atoms with Gasteiger partial charge in [0, 0.05) is 18.9 Å². The third-order valence-electron chi connectivity index (χ3n) is 2.85. The van der Waals surface area contributed by atoms with Crippen molar-refractivity contribution in [3.8, 4) is 0 Å². The van der Waals surface area contributed by atoms with E-state index in [1.807, 2.05) is 12.1 Å². The van der Waals surface area contributed by atoms with Crippen molar-refractivity contribution in [1.29, 1.82) is 0 Å². The third-order valence-corrected chi connectivity index (χ3v) is 3.67. The van der Waals surface area contributed by atoms with E-state index in [-0.39, 0.29) is 0 Å². The van der Waals surface area contributed by atoms with Gasteiger partial charge < -0.3 is 5.32 Å². The topological polar surface area (TPSA) is 29.1 Å². The van der Waals surface area contributed by atoms with Crippen molar-refractivity contribution in [3.63, 3.8) is 0 Å². The van der Waals surface area contributed by atoms with Gasteiger partial charge in [-0.15, -0.1) is 0 Å². The van der Waals surface area contributed by atoms with Crippen molar-refractivity contribution in [2.45, 2.75) is 31.7 Å². The summed E-state index contributed by atoms with van der Waals surface area (Å²) in [4.78, 5) is 11.1. The molecule has 0 saturated heterocycles. The van der Waals surface area contributed by atoms with Gasteiger partial charge in [-0.2, -0.15) is 0 Å². The first-order chi connectivity index (χ1) is 7.66. The highest BCUT2D eigenvalue weighted by Crippen LogP contribution is 2.31. The molecule has 0 bridgehead atoms. The Morgan fingerprint density at radius 1 is 1.19 bits per heavy atom. The fraction of sp³-hybridized carbons (Fsp3) is 0.417. The second-order valence-corrected chi connectivity index (χ2v) is 4.84. The van der Waals surface area contributed by atoms with Gasteiger partial charge in [-0.05, 0) is 25.0 Å². The first kappa shape index (κ1) is 11.7. The Bertz CT molecular complexity index is 396. The maximum Gasteiger partial charge on any atom is 0.133 e. The smallest absolute Gasteiger partial charge is 0.133 e. The number of ketones is 1. The zero-order valence-corrected chi connectivity index (χ0v) is 10.3. The highest BCUT2D eigenvalue weighted by Gasteiger charge is 2.19. The molecule has 0 heterocycles. The first-order valence-electron chi connectivity index (χ1n) is 5.39. The summed E-state index contributed by atoms with van der Waals surface area (Å²) in [6.07, 6.45) is 3.08. The molecule has 0 atom stereocenters. The van der Waals surface area contributed by atoms with E-state index in [1.54, 1.807) is 6.07 Å². The summed E-state index contributed by atoms with van der Waals surface area (Å²) < 4.78 is 0. The Hall–Kier alpha value is -0.730. The van der Waals surface area contributed by atoms with Crippen LogP contribution in [0.5, 0.6) is 0 Å². The van der Waals surface area contributed by atoms with Crippen LogP contribution >= 0.6 is 23.2 Å². The zero-order valence-electron chi connectivity index (χ0n) is 8.80. The number of carbonyl (C=O) groups is 1. The summed E-state index contributed by atoms with van der Waals surface area (Å²) in [5, 5.41) is 4.45. The van der Waals surface area contributed by atoms with E-state index in [4.69, 9.17) is 23.2 Å². The summed E-state index contributed by atoms with van der Waals surface area (Å²) in [5.41, 5.74) is 0.855. The van der Waals surface area contributed by atoms with E-state index in [0.717, 1.165) is 18.5 Å². The molecular weight excluding hydrogens is 245 g/mol. The molecule has 16 heavy (non-hydrogen) atoms. The number of benzene rings is 1. The van der Waals surface area contributed by atoms with Gasteiger partial charge in [0.05, 0.1) is 15.7 Å². The Balaban J connectivity index is 2.04. The highest BCUT2D eigenvalue weighted by molar-refractivity contribution is 6.43. The third kappa shape index (κ3) is 2.69. The Morgan fingerprint density at radius 2 is 1.88 bits per heavy atom. The zero-order chi connectivity index (χ0) is 11.5. The van der Waals surface area contributed by atoms with Gasteiger partial charge in [0.2, 0.25) is 0 Å². The molecule has 1 aliphatic rings. The Morgan fingerprint density at radius 3 is 2.56 bits per heavy atom. The average Bonchev–Trinajstić information content (AvgIpc) is 2.28. The minimum absolute atomic E-state index is 0.327. The number of carbonyl (C=O) groups excluding carboxylic acids is 1. The maximum atomic E-state index is 11.1. The van der Waals surface area contributed by atoms with Gasteiger partial charge in [-0.3, -0.25) is 4.79 Å². The summed E-state index contributed by atoms with van der Waals surface area (Å²) in [6, 6.07) is 5.86. The summed E-state index contributed by atoms with van der Waals surface area (Å²) in [5.74, 6) is 0.357. The molecule has 1 fully saturated rings. The van der Waals surface area contributed by atoms with Crippen LogP contribution in [-0.2, 0) is 4.79 Å². The molecular formula is C12H13Cl2NO. The highest BCUT2D eigenvalue weighted by atomic mass is 35.5. The van der Waals surface area contributed by atoms with E-state index < -0.39 is 0 Å². The number of nitrogens with one attached hydrogen (secondary N) is 1. The molecule has 86 valence electrons. The van der Waals surface area contributed by atoms with Crippen LogP contribution in [0.3, 0.4) is 0 Å². The average molecular weight is 258 g/mol. The van der Waals surface area contributed by atoms with E-state index in [1.165, 1.54) is 0 Å². The molecule has 1 N–H and O–H groups in total. The largest absolute Gasteiger partial charge is 0.381 e. The lowest BCUT2D eigenvalue weighted by Gasteiger charge is -2.23. The molecule has 2 nitrogen and oxygen atoms in total. The van der Waals surface area contributed by atoms with Crippen LogP contribution in [0, 0.1) is 0 Å². The fourth-order valence-electron chi connectivity index (χ4n) is 1.92. The predicted octanol–water partition coefficient (Wildman–Crippen LogP) is 3.92. The van der Waals surface area contributed by atoms with Crippen LogP contribution in [0.1, 0.15) is 25.7 Å². The number of anilines is 1. The van der Waals surface area contributed by atoms with Crippen LogP contribution in [0.25, 0.3) is 0 Å². The fourth-order valence-corrected chi connectivity index (χ4v) is 2.27. The lowest BCUT2D eigenvalue weighted by atomic mass is 9.94. The summed E-state index contributed by atoms with van der Waals surface area (Å²) >= 11 is 12.0. The predicted molar refractivity (Wildman–Crippen MR) is 67.3 cm³/mol. The van der Waals surface area contributed by atoms with Gasteiger partial charge in [-0.25, -0.2) is 0 Å². The lowest BCUT2D eigenvalue weighted by molar-refractivity contribution is -0.120. The number of rotatable bonds is 2. The molecule has 4 heteroatoms. The van der Waals surface area contributed by atoms with Crippen LogP contribution in [0.4, 0.5) is 5.69 Å². The number of hydrogen-bond donors (Lipinski definition) is 1. The van der Waals surface area contributed by atoms with Crippen molar-refractivity contribution in [3.05, 3.63) is 28.2 Å². The van der Waals surface area contributed by atoms with Crippen molar-refractivity contribution < 1.29 is 4.79 Å². The monoisotopic (exact) mass is 257 g/mol. The molecule has 0 aromatic heterocycles.